The smallest absolute Gasteiger partial charge is 0.0662 e. The molecule has 2 saturated heterocycles. The summed E-state index contributed by atoms with van der Waals surface area (Å²) in [5.74, 6) is 0. The number of piperidine rings is 2. The number of nitrogens with one attached hydrogen (secondary N) is 1. The Morgan fingerprint density at radius 1 is 0.783 bits per heavy atom. The molecule has 0 aliphatic carbocycles. The lowest BCUT2D eigenvalue weighted by molar-refractivity contribution is 0.240. The Morgan fingerprint density at radius 3 is 1.83 bits per heavy atom. The lowest BCUT2D eigenvalue weighted by atomic mass is 10.1. The first-order chi connectivity index (χ1) is 11.4. The van der Waals surface area contributed by atoms with Gasteiger partial charge in [0, 0.05) is 13.1 Å². The van der Waals surface area contributed by atoms with Crippen molar-refractivity contribution in [2.45, 2.75) is 38.5 Å². The van der Waals surface area contributed by atoms with Crippen LogP contribution >= 0.6 is 0 Å². The third-order valence-corrected chi connectivity index (χ3v) is 4.83. The van der Waals surface area contributed by atoms with Crippen LogP contribution in [0.2, 0.25) is 0 Å². The minimum Gasteiger partial charge on any atom is -0.298 e. The molecule has 0 saturated carbocycles. The Labute approximate surface area is 140 Å². The van der Waals surface area contributed by atoms with Gasteiger partial charge in [-0.25, -0.2) is 0 Å². The number of hydrazone groups is 1. The second-order valence-corrected chi connectivity index (χ2v) is 6.83. The van der Waals surface area contributed by atoms with Crippen molar-refractivity contribution in [3.05, 3.63) is 30.3 Å². The number of hydrogen-bond acceptors (Lipinski definition) is 4. The molecule has 23 heavy (non-hydrogen) atoms. The Balaban J connectivity index is 1.61. The van der Waals surface area contributed by atoms with Gasteiger partial charge in [-0.3, -0.25) is 15.2 Å². The molecule has 0 bridgehead atoms. The summed E-state index contributed by atoms with van der Waals surface area (Å²) in [6.45, 7) is 6.93. The zero-order chi connectivity index (χ0) is 15.7. The monoisotopic (exact) mass is 314 g/mol. The van der Waals surface area contributed by atoms with Crippen molar-refractivity contribution in [1.29, 1.82) is 0 Å². The Hall–Kier alpha value is -1.39. The fourth-order valence-corrected chi connectivity index (χ4v) is 3.53. The Kier molecular flexibility index (Phi) is 6.47. The predicted octanol–water partition coefficient (Wildman–Crippen LogP) is 3.43. The first-order valence-electron chi connectivity index (χ1n) is 9.21. The van der Waals surface area contributed by atoms with Crippen molar-refractivity contribution < 1.29 is 0 Å². The Bertz CT molecular complexity index is 451. The molecule has 0 radical (unpaired) electrons. The fourth-order valence-electron chi connectivity index (χ4n) is 3.53. The second kappa shape index (κ2) is 9.04. The lowest BCUT2D eigenvalue weighted by Crippen LogP contribution is -2.41. The molecule has 126 valence electrons. The first-order valence-corrected chi connectivity index (χ1v) is 9.21. The highest BCUT2D eigenvalue weighted by atomic mass is 15.3. The highest BCUT2D eigenvalue weighted by Gasteiger charge is 2.17. The van der Waals surface area contributed by atoms with Crippen LogP contribution < -0.4 is 5.43 Å². The SMILES string of the molecule is c1ccc(NN=C(CN2CCCCC2)CN2CCCCC2)cc1. The van der Waals surface area contributed by atoms with Gasteiger partial charge in [0.25, 0.3) is 0 Å². The van der Waals surface area contributed by atoms with Crippen molar-refractivity contribution >= 4 is 11.4 Å². The summed E-state index contributed by atoms with van der Waals surface area (Å²) >= 11 is 0. The van der Waals surface area contributed by atoms with Gasteiger partial charge in [0.15, 0.2) is 0 Å². The van der Waals surface area contributed by atoms with Crippen LogP contribution in [0, 0.1) is 0 Å². The van der Waals surface area contributed by atoms with E-state index in [1.54, 1.807) is 0 Å². The maximum absolute atomic E-state index is 4.77. The van der Waals surface area contributed by atoms with E-state index in [-0.39, 0.29) is 0 Å². The number of hydrogen-bond donors (Lipinski definition) is 1. The number of nitrogens with zero attached hydrogens (tertiary/aromatic N) is 3. The molecule has 0 amide bonds. The normalized spacial score (nSPS) is 20.2. The maximum Gasteiger partial charge on any atom is 0.0662 e. The van der Waals surface area contributed by atoms with Crippen LogP contribution in [-0.4, -0.2) is 54.8 Å². The van der Waals surface area contributed by atoms with Gasteiger partial charge in [0.2, 0.25) is 0 Å². The van der Waals surface area contributed by atoms with E-state index < -0.39 is 0 Å². The number of likely N-dealkylation sites (tertiary alicyclic amines) is 2. The number of para-hydroxylation sites is 1. The third kappa shape index (κ3) is 5.63. The molecule has 0 aromatic heterocycles. The minimum absolute atomic E-state index is 1.01. The molecule has 0 unspecified atom stereocenters. The number of rotatable bonds is 6. The fraction of sp³-hybridized carbons (Fsp3) is 0.632. The van der Waals surface area contributed by atoms with Crippen molar-refractivity contribution in [1.82, 2.24) is 9.80 Å². The van der Waals surface area contributed by atoms with E-state index in [1.807, 2.05) is 18.2 Å². The van der Waals surface area contributed by atoms with E-state index in [2.05, 4.69) is 27.4 Å². The van der Waals surface area contributed by atoms with E-state index in [4.69, 9.17) is 5.10 Å². The number of anilines is 1. The molecule has 4 heteroatoms. The number of benzene rings is 1. The van der Waals surface area contributed by atoms with Crippen molar-refractivity contribution in [2.75, 3.05) is 44.7 Å². The topological polar surface area (TPSA) is 30.9 Å². The van der Waals surface area contributed by atoms with Crippen molar-refractivity contribution in [3.63, 3.8) is 0 Å². The molecular formula is C19H30N4. The molecule has 0 spiro atoms. The van der Waals surface area contributed by atoms with E-state index >= 15 is 0 Å². The summed E-state index contributed by atoms with van der Waals surface area (Å²) in [6.07, 6.45) is 8.12. The summed E-state index contributed by atoms with van der Waals surface area (Å²) in [6, 6.07) is 10.3. The lowest BCUT2D eigenvalue weighted by Gasteiger charge is -2.30. The molecule has 2 fully saturated rings. The molecule has 2 heterocycles. The molecule has 1 N–H and O–H groups in total. The maximum atomic E-state index is 4.77. The van der Waals surface area contributed by atoms with E-state index in [9.17, 15) is 0 Å². The molecule has 1 aromatic carbocycles. The van der Waals surface area contributed by atoms with Crippen LogP contribution in [0.3, 0.4) is 0 Å². The quantitative estimate of drug-likeness (QED) is 0.645. The van der Waals surface area contributed by atoms with E-state index in [0.717, 1.165) is 18.8 Å². The Morgan fingerprint density at radius 2 is 1.30 bits per heavy atom. The molecule has 1 aromatic rings. The van der Waals surface area contributed by atoms with Gasteiger partial charge in [-0.1, -0.05) is 31.0 Å². The minimum atomic E-state index is 1.01. The first kappa shape index (κ1) is 16.5. The summed E-state index contributed by atoms with van der Waals surface area (Å²) in [5, 5.41) is 4.77. The van der Waals surface area contributed by atoms with Crippen LogP contribution in [-0.2, 0) is 0 Å². The summed E-state index contributed by atoms with van der Waals surface area (Å²) < 4.78 is 0. The third-order valence-electron chi connectivity index (χ3n) is 4.83. The highest BCUT2D eigenvalue weighted by Crippen LogP contribution is 2.12. The zero-order valence-electron chi connectivity index (χ0n) is 14.2. The molecule has 2 aliphatic rings. The van der Waals surface area contributed by atoms with Crippen LogP contribution in [0.15, 0.2) is 35.4 Å². The largest absolute Gasteiger partial charge is 0.298 e. The molecule has 2 aliphatic heterocycles. The van der Waals surface area contributed by atoms with Gasteiger partial charge in [0.1, 0.15) is 0 Å². The van der Waals surface area contributed by atoms with Crippen molar-refractivity contribution in [3.8, 4) is 0 Å². The molecule has 0 atom stereocenters. The standard InChI is InChI=1S/C19H30N4/c1-4-10-18(11-5-1)20-21-19(16-22-12-6-2-7-13-22)17-23-14-8-3-9-15-23/h1,4-5,10-11,20H,2-3,6-9,12-17H2. The van der Waals surface area contributed by atoms with Crippen LogP contribution in [0.1, 0.15) is 38.5 Å². The van der Waals surface area contributed by atoms with E-state index in [0.29, 0.717) is 0 Å². The molecular weight excluding hydrogens is 284 g/mol. The van der Waals surface area contributed by atoms with Crippen molar-refractivity contribution in [2.24, 2.45) is 5.10 Å². The second-order valence-electron chi connectivity index (χ2n) is 6.83. The summed E-state index contributed by atoms with van der Waals surface area (Å²) in [4.78, 5) is 5.14. The summed E-state index contributed by atoms with van der Waals surface area (Å²) in [5.41, 5.74) is 5.61. The highest BCUT2D eigenvalue weighted by molar-refractivity contribution is 5.89. The van der Waals surface area contributed by atoms with Gasteiger partial charge in [0.05, 0.1) is 11.4 Å². The average molecular weight is 314 g/mol. The van der Waals surface area contributed by atoms with Crippen LogP contribution in [0.5, 0.6) is 0 Å². The summed E-state index contributed by atoms with van der Waals surface area (Å²) in [7, 11) is 0. The predicted molar refractivity (Wildman–Crippen MR) is 98.1 cm³/mol. The van der Waals surface area contributed by atoms with Crippen LogP contribution in [0.25, 0.3) is 0 Å². The average Bonchev–Trinajstić information content (AvgIpc) is 2.62. The van der Waals surface area contributed by atoms with E-state index in [1.165, 1.54) is 70.4 Å². The zero-order valence-corrected chi connectivity index (χ0v) is 14.2. The van der Waals surface area contributed by atoms with Gasteiger partial charge in [-0.05, 0) is 64.0 Å². The molecule has 3 rings (SSSR count). The van der Waals surface area contributed by atoms with Gasteiger partial charge in [-0.15, -0.1) is 0 Å². The van der Waals surface area contributed by atoms with Gasteiger partial charge in [-0.2, -0.15) is 5.10 Å². The van der Waals surface area contributed by atoms with Crippen LogP contribution in [0.4, 0.5) is 5.69 Å². The van der Waals surface area contributed by atoms with Gasteiger partial charge < -0.3 is 0 Å². The molecule has 4 nitrogen and oxygen atoms in total. The van der Waals surface area contributed by atoms with Gasteiger partial charge >= 0.3 is 0 Å².